The van der Waals surface area contributed by atoms with Gasteiger partial charge in [-0.05, 0) is 55.5 Å². The maximum Gasteiger partial charge on any atom is 0.306 e. The van der Waals surface area contributed by atoms with E-state index >= 15 is 38.4 Å². The van der Waals surface area contributed by atoms with Crippen LogP contribution in [0.15, 0.2) is 116 Å². The number of aldehydes is 2. The van der Waals surface area contributed by atoms with E-state index in [1.165, 1.54) is 43.8 Å². The van der Waals surface area contributed by atoms with E-state index in [1.807, 2.05) is 0 Å². The van der Waals surface area contributed by atoms with Crippen LogP contribution in [0.3, 0.4) is 0 Å². The molecular weight excluding hydrogens is 1430 g/mol. The van der Waals surface area contributed by atoms with Crippen LogP contribution in [0.4, 0.5) is 0 Å². The van der Waals surface area contributed by atoms with Gasteiger partial charge in [-0.15, -0.1) is 11.8 Å². The molecule has 4 aromatic heterocycles. The number of nitrogens with one attached hydrogen (secondary N) is 15. The third-order valence-electron chi connectivity index (χ3n) is 18.1. The molecular formula is C69H80N18O16S3. The summed E-state index contributed by atoms with van der Waals surface area (Å²) < 4.78 is 0. The zero-order valence-electron chi connectivity index (χ0n) is 57.3. The second-order valence-electron chi connectivity index (χ2n) is 26.1. The summed E-state index contributed by atoms with van der Waals surface area (Å²) in [5.41, 5.74) is -0.748. The van der Waals surface area contributed by atoms with E-state index in [-0.39, 0.29) is 55.7 Å². The summed E-state index contributed by atoms with van der Waals surface area (Å²) in [4.78, 5) is 224. The van der Waals surface area contributed by atoms with Gasteiger partial charge in [0.2, 0.25) is 53.2 Å². The fourth-order valence-corrected chi connectivity index (χ4v) is 15.8. The highest BCUT2D eigenvalue weighted by Crippen LogP contribution is 2.32. The number of aliphatic carboxylic acids is 2. The first-order valence-corrected chi connectivity index (χ1v) is 37.3. The topological polar surface area (TPSA) is 504 Å². The molecule has 106 heavy (non-hydrogen) atoms. The summed E-state index contributed by atoms with van der Waals surface area (Å²) in [7, 11) is 1.46. The fraction of sp³-hybridized carbons (Fsp3) is 0.391. The molecule has 3 fully saturated rings. The average molecular weight is 1510 g/mol. The molecule has 17 N–H and O–H groups in total. The number of fused-ring (bicyclic) bond motifs is 7. The van der Waals surface area contributed by atoms with Gasteiger partial charge in [-0.3, -0.25) is 57.5 Å². The van der Waals surface area contributed by atoms with Crippen molar-refractivity contribution in [1.29, 1.82) is 0 Å². The van der Waals surface area contributed by atoms with Crippen LogP contribution < -0.4 is 58.5 Å². The molecule has 0 aliphatic carbocycles. The second kappa shape index (κ2) is 35.7. The van der Waals surface area contributed by atoms with Crippen molar-refractivity contribution >= 4 is 139 Å². The minimum Gasteiger partial charge on any atom is -0.481 e. The molecule has 3 aromatic carbocycles. The Balaban J connectivity index is 1.10. The second-order valence-corrected chi connectivity index (χ2v) is 29.6. The van der Waals surface area contributed by atoms with Gasteiger partial charge in [0.15, 0.2) is 5.37 Å². The number of hydrogen-bond donors (Lipinski definition) is 17. The Bertz CT molecular complexity index is 4370. The molecule has 10 rings (SSSR count). The summed E-state index contributed by atoms with van der Waals surface area (Å²) >= 11 is 1.16. The van der Waals surface area contributed by atoms with Crippen LogP contribution in [0.25, 0.3) is 21.8 Å². The number of imidazole rings is 2. The summed E-state index contributed by atoms with van der Waals surface area (Å²) in [6, 6.07) is 8.52. The number of benzene rings is 3. The Morgan fingerprint density at radius 2 is 1.09 bits per heavy atom. The van der Waals surface area contributed by atoms with Crippen molar-refractivity contribution in [2.45, 2.75) is 136 Å². The molecule has 3 aliphatic rings. The highest BCUT2D eigenvalue weighted by molar-refractivity contribution is 8.77. The maximum absolute atomic E-state index is 15.7. The van der Waals surface area contributed by atoms with Gasteiger partial charge in [-0.25, -0.2) is 9.97 Å². The van der Waals surface area contributed by atoms with Crippen molar-refractivity contribution in [2.24, 2.45) is 0 Å². The highest BCUT2D eigenvalue weighted by Gasteiger charge is 2.44. The zero-order valence-corrected chi connectivity index (χ0v) is 59.7. The Kier molecular flexibility index (Phi) is 26.2. The first-order chi connectivity index (χ1) is 50.9. The third kappa shape index (κ3) is 20.3. The van der Waals surface area contributed by atoms with Crippen LogP contribution >= 0.6 is 33.3 Å². The number of carbonyl (C=O) groups excluding carboxylic acids is 12. The average Bonchev–Trinajstić information content (AvgIpc) is 1.58. The molecule has 0 unspecified atom stereocenters. The molecule has 34 nitrogen and oxygen atoms in total. The van der Waals surface area contributed by atoms with Crippen molar-refractivity contribution < 1.29 is 77.3 Å². The largest absolute Gasteiger partial charge is 0.481 e. The Hall–Kier alpha value is -10.9. The third-order valence-corrected chi connectivity index (χ3v) is 21.7. The van der Waals surface area contributed by atoms with Gasteiger partial charge in [0.25, 0.3) is 5.91 Å². The number of rotatable bonds is 17. The zero-order chi connectivity index (χ0) is 75.7. The molecule has 3 aliphatic heterocycles. The lowest BCUT2D eigenvalue weighted by atomic mass is 9.93. The number of hydrogen-bond acceptors (Lipinski definition) is 21. The number of aromatic amines is 4. The lowest BCUT2D eigenvalue weighted by molar-refractivity contribution is -0.142. The highest BCUT2D eigenvalue weighted by atomic mass is 33.1. The molecule has 10 amide bonds. The van der Waals surface area contributed by atoms with Crippen LogP contribution in [-0.2, 0) is 99.2 Å². The Morgan fingerprint density at radius 3 is 1.66 bits per heavy atom. The Morgan fingerprint density at radius 1 is 0.557 bits per heavy atom. The number of amides is 10. The molecule has 560 valence electrons. The number of carbonyl (C=O) groups is 14. The lowest BCUT2D eigenvalue weighted by Gasteiger charge is -2.35. The van der Waals surface area contributed by atoms with Gasteiger partial charge in [0.05, 0.1) is 47.9 Å². The van der Waals surface area contributed by atoms with E-state index in [0.717, 1.165) is 22.6 Å². The van der Waals surface area contributed by atoms with Gasteiger partial charge < -0.3 is 103 Å². The minimum atomic E-state index is -2.43. The van der Waals surface area contributed by atoms with E-state index in [1.54, 1.807) is 91.3 Å². The molecule has 3 saturated heterocycles. The number of carboxylic acid groups (broad SMARTS) is 2. The van der Waals surface area contributed by atoms with Crippen LogP contribution in [0, 0.1) is 0 Å². The van der Waals surface area contributed by atoms with Crippen molar-refractivity contribution in [2.75, 3.05) is 30.5 Å². The molecule has 7 aromatic rings. The summed E-state index contributed by atoms with van der Waals surface area (Å²) in [5, 5.41) is 49.4. The molecule has 7 heterocycles. The molecule has 37 heteroatoms. The Labute approximate surface area is 617 Å². The van der Waals surface area contributed by atoms with Crippen LogP contribution in [0.5, 0.6) is 0 Å². The molecule has 0 spiro atoms. The smallest absolute Gasteiger partial charge is 0.306 e. The lowest BCUT2D eigenvalue weighted by Crippen LogP contribution is -2.66. The first kappa shape index (κ1) is 77.7. The van der Waals surface area contributed by atoms with E-state index in [2.05, 4.69) is 88.4 Å². The maximum atomic E-state index is 15.7. The monoisotopic (exact) mass is 1510 g/mol. The van der Waals surface area contributed by atoms with Gasteiger partial charge in [0, 0.05) is 103 Å². The molecule has 2 bridgehead atoms. The van der Waals surface area contributed by atoms with Crippen LogP contribution in [-0.4, -0.2) is 230 Å². The van der Waals surface area contributed by atoms with Crippen molar-refractivity contribution in [3.05, 3.63) is 144 Å². The van der Waals surface area contributed by atoms with Crippen LogP contribution in [0.2, 0.25) is 0 Å². The number of H-pyrrole nitrogens is 4. The van der Waals surface area contributed by atoms with Gasteiger partial charge >= 0.3 is 11.9 Å². The number of nitrogens with zero attached hydrogens (tertiary/aromatic N) is 3. The van der Waals surface area contributed by atoms with Crippen molar-refractivity contribution in [1.82, 2.24) is 93.3 Å². The summed E-state index contributed by atoms with van der Waals surface area (Å²) in [5.74, 6) is -13.6. The minimum absolute atomic E-state index is 0.0467. The van der Waals surface area contributed by atoms with Crippen LogP contribution in [0.1, 0.15) is 61.2 Å². The predicted molar refractivity (Wildman–Crippen MR) is 388 cm³/mol. The standard InChI is InChI=1S/C69H80N18O16S3/c1-37-57(94)79-47(16-17-55(90)91)64(101)86-69(33-89,23-56(92)93)31-77-68(2,32-88)30-74-48(19-39-24-72-45-14-8-6-12-43(39)45)58(95)85-66-67(103)87-36-104-29-54(87)65(102)83-52(22-42-27-71-35-76-42)62(99)80-49(18-38-10-4-3-5-11-38)59(96)82-51(21-41-26-70-34-75-41)61(98)81-50(20-40-25-73-46-15-9-7-13-44(40)46)60(97)84-53(28-105-106-66)63(100)78-37/h3-15,24-27,32-35,37,47-54,66,72-74,77H,16-23,28-31,36H2,1-2H3,(H,70,75)(H,71,76)(H,78,100)(H,79,94)(H,80,99)(H,81,98)(H,82,96)(H,83,102)(H,84,97)(H,85,95)(H,86,101)(H,90,91)(H,92,93)/t37-,47-,48-,49+,50-,51-,52-,53-,54-,66-,68+,69-/m0/s1. The molecule has 12 atom stereocenters. The quantitative estimate of drug-likeness (QED) is 0.0371. The predicted octanol–water partition coefficient (Wildman–Crippen LogP) is -1.33. The first-order valence-electron chi connectivity index (χ1n) is 33.7. The van der Waals surface area contributed by atoms with Gasteiger partial charge in [-0.1, -0.05) is 88.3 Å². The number of aromatic nitrogens is 6. The summed E-state index contributed by atoms with van der Waals surface area (Å²) in [6.07, 6.45) is 5.70. The SMILES string of the molecule is C[C@@H]1NC(=O)[C@@H]2CSS[C@H](NC(=O)[C@H](Cc3c[nH]c4ccccc34)NC[C@](C)(C=O)NC[C@](C=O)(CC(=O)O)NC(=O)[C@H](CCC(=O)O)NC1=O)C(=O)N1CSC[C@H]1C(=O)N[C@@H](Cc1c[nH]cn1)C(=O)N[C@H](Cc1ccccc1)C(=O)N[C@@H](Cc1c[nH]cn1)C(=O)N[C@@H](Cc1c[nH]c3ccccc13)C(=O)N2. The molecule has 0 saturated carbocycles. The van der Waals surface area contributed by atoms with Crippen molar-refractivity contribution in [3.63, 3.8) is 0 Å². The van der Waals surface area contributed by atoms with Gasteiger partial charge in [0.1, 0.15) is 66.4 Å². The van der Waals surface area contributed by atoms with Crippen molar-refractivity contribution in [3.8, 4) is 0 Å². The number of thioether (sulfide) groups is 1. The summed E-state index contributed by atoms with van der Waals surface area (Å²) in [6.45, 7) is 1.24. The number of para-hydroxylation sites is 2. The normalized spacial score (nSPS) is 26.3. The fourth-order valence-electron chi connectivity index (χ4n) is 12.2. The molecule has 0 radical (unpaired) electrons. The van der Waals surface area contributed by atoms with E-state index in [0.29, 0.717) is 61.3 Å². The number of carboxylic acids is 2. The van der Waals surface area contributed by atoms with E-state index < -0.39 is 180 Å². The van der Waals surface area contributed by atoms with E-state index in [9.17, 15) is 39.0 Å². The van der Waals surface area contributed by atoms with E-state index in [4.69, 9.17) is 0 Å². The van der Waals surface area contributed by atoms with Gasteiger partial charge in [-0.2, -0.15) is 0 Å².